The monoisotopic (exact) mass is 286 g/mol. The van der Waals surface area contributed by atoms with Gasteiger partial charge in [-0.3, -0.25) is 0 Å². The summed E-state index contributed by atoms with van der Waals surface area (Å²) in [5.74, 6) is 0.200. The molecular weight excluding hydrogens is 279 g/mol. The van der Waals surface area contributed by atoms with Crippen molar-refractivity contribution in [3.8, 4) is 0 Å². The van der Waals surface area contributed by atoms with Crippen LogP contribution in [0, 0.1) is 0 Å². The van der Waals surface area contributed by atoms with Crippen LogP contribution >= 0.6 is 35.0 Å². The van der Waals surface area contributed by atoms with E-state index in [0.29, 0.717) is 20.8 Å². The lowest BCUT2D eigenvalue weighted by Gasteiger charge is -2.02. The lowest BCUT2D eigenvalue weighted by molar-refractivity contribution is 0.599. The Bertz CT molecular complexity index is 450. The van der Waals surface area contributed by atoms with Crippen LogP contribution in [0.2, 0.25) is 10.0 Å². The number of hydrogen-bond acceptors (Lipinski definition) is 4. The van der Waals surface area contributed by atoms with Crippen molar-refractivity contribution in [1.29, 1.82) is 0 Å². The van der Waals surface area contributed by atoms with Crippen molar-refractivity contribution in [2.75, 3.05) is 11.5 Å². The Kier molecular flexibility index (Phi) is 4.66. The van der Waals surface area contributed by atoms with E-state index in [1.165, 1.54) is 18.0 Å². The van der Waals surface area contributed by atoms with E-state index in [4.69, 9.17) is 28.3 Å². The Hall–Kier alpha value is -0.0100. The van der Waals surface area contributed by atoms with Gasteiger partial charge in [0.05, 0.1) is 15.8 Å². The number of hydrogen-bond donors (Lipinski definition) is 1. The lowest BCUT2D eigenvalue weighted by atomic mass is 10.5. The maximum atomic E-state index is 10.7. The van der Waals surface area contributed by atoms with Crippen molar-refractivity contribution in [3.63, 3.8) is 0 Å². The second-order valence-electron chi connectivity index (χ2n) is 2.66. The van der Waals surface area contributed by atoms with Gasteiger partial charge in [0.1, 0.15) is 5.03 Å². The molecule has 0 aliphatic rings. The van der Waals surface area contributed by atoms with Gasteiger partial charge in [-0.25, -0.2) is 18.5 Å². The van der Waals surface area contributed by atoms with Gasteiger partial charge in [-0.1, -0.05) is 23.2 Å². The van der Waals surface area contributed by atoms with Crippen LogP contribution in [0.25, 0.3) is 0 Å². The average molecular weight is 287 g/mol. The Balaban J connectivity index is 2.59. The molecule has 0 aromatic carbocycles. The number of pyridine rings is 1. The minimum Gasteiger partial charge on any atom is -0.247 e. The fourth-order valence-corrected chi connectivity index (χ4v) is 3.09. The zero-order valence-corrected chi connectivity index (χ0v) is 10.6. The molecule has 0 atom stereocenters. The molecule has 1 rings (SSSR count). The Labute approximate surface area is 102 Å². The summed E-state index contributed by atoms with van der Waals surface area (Å²) in [5, 5.41) is 6.24. The molecule has 0 spiro atoms. The minimum absolute atomic E-state index is 0.113. The Morgan fingerprint density at radius 2 is 2.13 bits per heavy atom. The average Bonchev–Trinajstić information content (AvgIpc) is 2.07. The van der Waals surface area contributed by atoms with Crippen LogP contribution < -0.4 is 5.14 Å². The molecule has 0 bridgehead atoms. The van der Waals surface area contributed by atoms with E-state index in [0.717, 1.165) is 0 Å². The first kappa shape index (κ1) is 13.1. The molecule has 0 unspecified atom stereocenters. The minimum atomic E-state index is -3.43. The van der Waals surface area contributed by atoms with Gasteiger partial charge in [-0.2, -0.15) is 0 Å². The molecule has 4 nitrogen and oxygen atoms in total. The van der Waals surface area contributed by atoms with E-state index in [1.54, 1.807) is 6.07 Å². The maximum Gasteiger partial charge on any atom is 0.209 e. The number of aromatic nitrogens is 1. The van der Waals surface area contributed by atoms with E-state index in [1.807, 2.05) is 0 Å². The van der Waals surface area contributed by atoms with Gasteiger partial charge in [0.2, 0.25) is 10.0 Å². The quantitative estimate of drug-likeness (QED) is 0.856. The highest BCUT2D eigenvalue weighted by Crippen LogP contribution is 2.26. The topological polar surface area (TPSA) is 73.1 Å². The van der Waals surface area contributed by atoms with Gasteiger partial charge in [0.15, 0.2) is 0 Å². The molecule has 0 saturated heterocycles. The number of sulfonamides is 1. The van der Waals surface area contributed by atoms with Crippen LogP contribution in [0.15, 0.2) is 17.3 Å². The van der Waals surface area contributed by atoms with Crippen LogP contribution in [-0.4, -0.2) is 24.9 Å². The molecule has 1 heterocycles. The molecule has 8 heteroatoms. The van der Waals surface area contributed by atoms with E-state index in [9.17, 15) is 8.42 Å². The number of primary sulfonamides is 1. The maximum absolute atomic E-state index is 10.7. The van der Waals surface area contributed by atoms with Crippen LogP contribution in [-0.2, 0) is 10.0 Å². The first-order chi connectivity index (χ1) is 6.88. The first-order valence-corrected chi connectivity index (χ1v) is 7.28. The summed E-state index contributed by atoms with van der Waals surface area (Å²) in [6, 6.07) is 1.55. The third kappa shape index (κ3) is 5.03. The summed E-state index contributed by atoms with van der Waals surface area (Å²) in [6.07, 6.45) is 1.45. The SMILES string of the molecule is NS(=O)(=O)CCSc1ncc(Cl)cc1Cl. The van der Waals surface area contributed by atoms with E-state index < -0.39 is 10.0 Å². The fraction of sp³-hybridized carbons (Fsp3) is 0.286. The predicted molar refractivity (Wildman–Crippen MR) is 63.0 cm³/mol. The van der Waals surface area contributed by atoms with Crippen molar-refractivity contribution >= 4 is 45.0 Å². The molecule has 84 valence electrons. The summed E-state index contributed by atoms with van der Waals surface area (Å²) in [7, 11) is -3.43. The van der Waals surface area contributed by atoms with Crippen molar-refractivity contribution in [3.05, 3.63) is 22.3 Å². The van der Waals surface area contributed by atoms with Crippen LogP contribution in [0.5, 0.6) is 0 Å². The molecule has 2 N–H and O–H groups in total. The van der Waals surface area contributed by atoms with Crippen molar-refractivity contribution in [1.82, 2.24) is 4.98 Å². The normalized spacial score (nSPS) is 11.7. The van der Waals surface area contributed by atoms with Crippen molar-refractivity contribution < 1.29 is 8.42 Å². The summed E-state index contributed by atoms with van der Waals surface area (Å²) < 4.78 is 21.3. The number of halogens is 2. The molecule has 1 aromatic rings. The van der Waals surface area contributed by atoms with Crippen LogP contribution in [0.4, 0.5) is 0 Å². The van der Waals surface area contributed by atoms with E-state index in [2.05, 4.69) is 4.98 Å². The predicted octanol–water partition coefficient (Wildman–Crippen LogP) is 1.77. The van der Waals surface area contributed by atoms with Crippen molar-refractivity contribution in [2.45, 2.75) is 5.03 Å². The Morgan fingerprint density at radius 3 is 2.67 bits per heavy atom. The number of nitrogens with zero attached hydrogens (tertiary/aromatic N) is 1. The fourth-order valence-electron chi connectivity index (χ4n) is 0.763. The third-order valence-electron chi connectivity index (χ3n) is 1.38. The molecule has 0 saturated carbocycles. The van der Waals surface area contributed by atoms with Gasteiger partial charge >= 0.3 is 0 Å². The molecule has 1 aromatic heterocycles. The molecule has 0 amide bonds. The summed E-state index contributed by atoms with van der Waals surface area (Å²) in [4.78, 5) is 3.96. The van der Waals surface area contributed by atoms with Crippen LogP contribution in [0.1, 0.15) is 0 Å². The Morgan fingerprint density at radius 1 is 1.47 bits per heavy atom. The van der Waals surface area contributed by atoms with E-state index in [-0.39, 0.29) is 5.75 Å². The highest BCUT2D eigenvalue weighted by Gasteiger charge is 2.07. The highest BCUT2D eigenvalue weighted by molar-refractivity contribution is 8.00. The van der Waals surface area contributed by atoms with Crippen molar-refractivity contribution in [2.24, 2.45) is 5.14 Å². The molecule has 15 heavy (non-hydrogen) atoms. The lowest BCUT2D eigenvalue weighted by Crippen LogP contribution is -2.17. The standard InChI is InChI=1S/C7H8Cl2N2O2S2/c8-5-3-6(9)7(11-4-5)14-1-2-15(10,12)13/h3-4H,1-2H2,(H2,10,12,13). The number of rotatable bonds is 4. The smallest absolute Gasteiger partial charge is 0.209 e. The number of thioether (sulfide) groups is 1. The first-order valence-electron chi connectivity index (χ1n) is 3.83. The summed E-state index contributed by atoms with van der Waals surface area (Å²) in [6.45, 7) is 0. The molecule has 0 aliphatic carbocycles. The van der Waals surface area contributed by atoms with E-state index >= 15 is 0 Å². The molecule has 0 radical (unpaired) electrons. The summed E-state index contributed by atoms with van der Waals surface area (Å²) >= 11 is 12.7. The zero-order chi connectivity index (χ0) is 11.5. The van der Waals surface area contributed by atoms with Gasteiger partial charge in [-0.05, 0) is 6.07 Å². The molecular formula is C7H8Cl2N2O2S2. The second-order valence-corrected chi connectivity index (χ2v) is 6.32. The van der Waals surface area contributed by atoms with Crippen LogP contribution in [0.3, 0.4) is 0 Å². The van der Waals surface area contributed by atoms with Gasteiger partial charge in [0.25, 0.3) is 0 Å². The second kappa shape index (κ2) is 5.36. The van der Waals surface area contributed by atoms with Gasteiger partial charge in [0, 0.05) is 11.9 Å². The third-order valence-corrected chi connectivity index (χ3v) is 4.03. The molecule has 0 aliphatic heterocycles. The highest BCUT2D eigenvalue weighted by atomic mass is 35.5. The van der Waals surface area contributed by atoms with Gasteiger partial charge in [-0.15, -0.1) is 11.8 Å². The van der Waals surface area contributed by atoms with Gasteiger partial charge < -0.3 is 0 Å². The largest absolute Gasteiger partial charge is 0.247 e. The zero-order valence-electron chi connectivity index (χ0n) is 7.48. The molecule has 0 fully saturated rings. The summed E-state index contributed by atoms with van der Waals surface area (Å²) in [5.41, 5.74) is 0. The number of nitrogens with two attached hydrogens (primary N) is 1.